The third-order valence-corrected chi connectivity index (χ3v) is 3.62. The zero-order valence-electron chi connectivity index (χ0n) is 11.7. The van der Waals surface area contributed by atoms with Crippen molar-refractivity contribution in [3.63, 3.8) is 0 Å². The monoisotopic (exact) mass is 280 g/mol. The van der Waals surface area contributed by atoms with E-state index >= 15 is 0 Å². The van der Waals surface area contributed by atoms with Gasteiger partial charge < -0.3 is 24.1 Å². The molecule has 0 spiro atoms. The fourth-order valence-electron chi connectivity index (χ4n) is 2.76. The fraction of sp³-hybridized carbons (Fsp3) is 0.600. The Morgan fingerprint density at radius 1 is 1.30 bits per heavy atom. The number of fused-ring (bicyclic) bond motifs is 1. The summed E-state index contributed by atoms with van der Waals surface area (Å²) in [5.74, 6) is -1.87. The quantitative estimate of drug-likeness (QED) is 0.904. The van der Waals surface area contributed by atoms with Crippen LogP contribution in [0.15, 0.2) is 30.3 Å². The molecule has 2 aliphatic heterocycles. The third kappa shape index (κ3) is 2.47. The maximum absolute atomic E-state index is 9.58. The molecule has 2 heterocycles. The van der Waals surface area contributed by atoms with Crippen molar-refractivity contribution >= 4 is 0 Å². The van der Waals surface area contributed by atoms with Gasteiger partial charge in [0, 0.05) is 0 Å². The number of ether oxygens (including phenoxy) is 4. The van der Waals surface area contributed by atoms with Crippen LogP contribution in [0.5, 0.6) is 0 Å². The molecule has 110 valence electrons. The van der Waals surface area contributed by atoms with E-state index in [0.717, 1.165) is 5.56 Å². The van der Waals surface area contributed by atoms with Crippen LogP contribution >= 0.6 is 0 Å². The van der Waals surface area contributed by atoms with Gasteiger partial charge >= 0.3 is 0 Å². The highest BCUT2D eigenvalue weighted by Gasteiger charge is 2.61. The van der Waals surface area contributed by atoms with Crippen molar-refractivity contribution < 1.29 is 24.1 Å². The van der Waals surface area contributed by atoms with Gasteiger partial charge in [0.25, 0.3) is 0 Å². The molecule has 2 fully saturated rings. The molecule has 1 N–H and O–H groups in total. The Hall–Kier alpha value is -0.980. The second-order valence-corrected chi connectivity index (χ2v) is 5.66. The number of hydrogen-bond acceptors (Lipinski definition) is 5. The molecule has 2 aliphatic rings. The number of rotatable bonds is 4. The molecule has 3 atom stereocenters. The van der Waals surface area contributed by atoms with Crippen LogP contribution in [0, 0.1) is 0 Å². The van der Waals surface area contributed by atoms with E-state index < -0.39 is 17.7 Å². The minimum atomic E-state index is -1.09. The van der Waals surface area contributed by atoms with E-state index in [1.54, 1.807) is 13.8 Å². The van der Waals surface area contributed by atoms with E-state index in [1.165, 1.54) is 0 Å². The predicted octanol–water partition coefficient (Wildman–Crippen LogP) is 1.44. The highest BCUT2D eigenvalue weighted by Crippen LogP contribution is 2.43. The molecule has 0 aliphatic carbocycles. The van der Waals surface area contributed by atoms with E-state index in [0.29, 0.717) is 13.2 Å². The lowest BCUT2D eigenvalue weighted by atomic mass is 10.1. The van der Waals surface area contributed by atoms with Gasteiger partial charge in [-0.2, -0.15) is 0 Å². The molecule has 1 aromatic carbocycles. The molecule has 0 bridgehead atoms. The summed E-state index contributed by atoms with van der Waals surface area (Å²) in [5.41, 5.74) is 1.09. The van der Waals surface area contributed by atoms with Gasteiger partial charge in [-0.05, 0) is 19.4 Å². The molecule has 0 unspecified atom stereocenters. The Bertz CT molecular complexity index is 461. The Kier molecular flexibility index (Phi) is 3.56. The molecule has 1 aromatic rings. The van der Waals surface area contributed by atoms with Crippen LogP contribution in [-0.2, 0) is 25.6 Å². The average molecular weight is 280 g/mol. The average Bonchev–Trinajstić information content (AvgIpc) is 2.89. The van der Waals surface area contributed by atoms with Gasteiger partial charge in [0.2, 0.25) is 5.79 Å². The Labute approximate surface area is 118 Å². The van der Waals surface area contributed by atoms with Gasteiger partial charge in [-0.25, -0.2) is 0 Å². The fourth-order valence-corrected chi connectivity index (χ4v) is 2.76. The predicted molar refractivity (Wildman–Crippen MR) is 70.8 cm³/mol. The first-order valence-corrected chi connectivity index (χ1v) is 6.83. The van der Waals surface area contributed by atoms with Crippen molar-refractivity contribution in [3.05, 3.63) is 35.9 Å². The van der Waals surface area contributed by atoms with Crippen molar-refractivity contribution in [2.24, 2.45) is 0 Å². The third-order valence-electron chi connectivity index (χ3n) is 3.62. The maximum Gasteiger partial charge on any atom is 0.224 e. The number of aliphatic hydroxyl groups excluding tert-OH is 1. The van der Waals surface area contributed by atoms with Crippen molar-refractivity contribution in [3.8, 4) is 0 Å². The molecule has 20 heavy (non-hydrogen) atoms. The smallest absolute Gasteiger partial charge is 0.224 e. The first kappa shape index (κ1) is 14.0. The summed E-state index contributed by atoms with van der Waals surface area (Å²) >= 11 is 0. The normalized spacial score (nSPS) is 35.1. The summed E-state index contributed by atoms with van der Waals surface area (Å²) in [6, 6.07) is 9.92. The van der Waals surface area contributed by atoms with Gasteiger partial charge in [-0.15, -0.1) is 0 Å². The lowest BCUT2D eigenvalue weighted by Crippen LogP contribution is -2.44. The standard InChI is InChI=1S/C15H20O5/c1-14(2)19-13-12(9-18-15(13,10-16)20-14)17-8-11-6-4-3-5-7-11/h3-7,12-13,16H,8-10H2,1-2H3/t12-,13+,15+/m1/s1. The van der Waals surface area contributed by atoms with E-state index in [9.17, 15) is 5.11 Å². The van der Waals surface area contributed by atoms with Crippen LogP contribution < -0.4 is 0 Å². The van der Waals surface area contributed by atoms with E-state index in [2.05, 4.69) is 0 Å². The zero-order chi connectivity index (χ0) is 14.2. The van der Waals surface area contributed by atoms with Crippen molar-refractivity contribution in [2.45, 2.75) is 44.2 Å². The molecule has 5 nitrogen and oxygen atoms in total. The number of benzene rings is 1. The topological polar surface area (TPSA) is 57.2 Å². The van der Waals surface area contributed by atoms with Crippen LogP contribution in [0.2, 0.25) is 0 Å². The van der Waals surface area contributed by atoms with Crippen molar-refractivity contribution in [2.75, 3.05) is 13.2 Å². The summed E-state index contributed by atoms with van der Waals surface area (Å²) in [6.07, 6.45) is -0.657. The van der Waals surface area contributed by atoms with Crippen molar-refractivity contribution in [1.82, 2.24) is 0 Å². The number of aliphatic hydroxyl groups is 1. The minimum absolute atomic E-state index is 0.244. The SMILES string of the molecule is CC1(C)O[C@H]2[C@H](OCc3ccccc3)CO[C@@]2(CO)O1. The summed E-state index contributed by atoms with van der Waals surface area (Å²) in [4.78, 5) is 0. The molecule has 5 heteroatoms. The van der Waals surface area contributed by atoms with Crippen LogP contribution in [0.4, 0.5) is 0 Å². The van der Waals surface area contributed by atoms with Gasteiger partial charge in [0.05, 0.1) is 13.2 Å². The second-order valence-electron chi connectivity index (χ2n) is 5.66. The minimum Gasteiger partial charge on any atom is -0.391 e. The van der Waals surface area contributed by atoms with Crippen LogP contribution in [-0.4, -0.2) is 42.1 Å². The molecule has 0 amide bonds. The molecular weight excluding hydrogens is 260 g/mol. The highest BCUT2D eigenvalue weighted by atomic mass is 16.9. The Balaban J connectivity index is 1.67. The molecule has 3 rings (SSSR count). The zero-order valence-corrected chi connectivity index (χ0v) is 11.7. The van der Waals surface area contributed by atoms with Crippen LogP contribution in [0.1, 0.15) is 19.4 Å². The van der Waals surface area contributed by atoms with Crippen molar-refractivity contribution in [1.29, 1.82) is 0 Å². The Morgan fingerprint density at radius 3 is 2.75 bits per heavy atom. The van der Waals surface area contributed by atoms with Crippen LogP contribution in [0.25, 0.3) is 0 Å². The largest absolute Gasteiger partial charge is 0.391 e. The van der Waals surface area contributed by atoms with E-state index in [4.69, 9.17) is 18.9 Å². The van der Waals surface area contributed by atoms with Gasteiger partial charge in [0.1, 0.15) is 18.8 Å². The molecule has 0 radical (unpaired) electrons. The highest BCUT2D eigenvalue weighted by molar-refractivity contribution is 5.13. The summed E-state index contributed by atoms with van der Waals surface area (Å²) in [5, 5.41) is 9.58. The molecule has 0 aromatic heterocycles. The maximum atomic E-state index is 9.58. The summed E-state index contributed by atoms with van der Waals surface area (Å²) in [6.45, 7) is 4.21. The lowest BCUT2D eigenvalue weighted by Gasteiger charge is -2.24. The lowest BCUT2D eigenvalue weighted by molar-refractivity contribution is -0.259. The first-order valence-electron chi connectivity index (χ1n) is 6.83. The van der Waals surface area contributed by atoms with E-state index in [1.807, 2.05) is 30.3 Å². The molecular formula is C15H20O5. The van der Waals surface area contributed by atoms with Gasteiger partial charge in [-0.3, -0.25) is 0 Å². The van der Waals surface area contributed by atoms with Gasteiger partial charge in [-0.1, -0.05) is 30.3 Å². The summed E-state index contributed by atoms with van der Waals surface area (Å²) < 4.78 is 23.1. The molecule has 0 saturated carbocycles. The second kappa shape index (κ2) is 5.09. The first-order chi connectivity index (χ1) is 9.55. The van der Waals surface area contributed by atoms with Gasteiger partial charge in [0.15, 0.2) is 5.79 Å². The number of hydrogen-bond donors (Lipinski definition) is 1. The van der Waals surface area contributed by atoms with E-state index in [-0.39, 0.29) is 12.7 Å². The molecule has 2 saturated heterocycles. The Morgan fingerprint density at radius 2 is 2.05 bits per heavy atom. The summed E-state index contributed by atoms with van der Waals surface area (Å²) in [7, 11) is 0. The van der Waals surface area contributed by atoms with Crippen LogP contribution in [0.3, 0.4) is 0 Å².